The van der Waals surface area contributed by atoms with Crippen molar-refractivity contribution in [3.8, 4) is 0 Å². The number of hydrogen-bond donors (Lipinski definition) is 11. The van der Waals surface area contributed by atoms with Crippen molar-refractivity contribution in [2.45, 2.75) is 61.3 Å². The predicted octanol–water partition coefficient (Wildman–Crippen LogP) is -6.64. The van der Waals surface area contributed by atoms with Gasteiger partial charge in [0.15, 0.2) is 0 Å². The van der Waals surface area contributed by atoms with Gasteiger partial charge in [-0.25, -0.2) is 0 Å². The zero-order valence-corrected chi connectivity index (χ0v) is 15.9. The molecule has 0 aromatic carbocycles. The van der Waals surface area contributed by atoms with E-state index in [-0.39, 0.29) is 0 Å². The van der Waals surface area contributed by atoms with Crippen LogP contribution in [0.15, 0.2) is 0 Å². The molecule has 13 heteroatoms. The first kappa shape index (κ1) is 24.7. The Balaban J connectivity index is 1.61. The van der Waals surface area contributed by atoms with Gasteiger partial charge in [-0.15, -0.1) is 0 Å². The van der Waals surface area contributed by atoms with Gasteiger partial charge in [-0.3, -0.25) is 10.6 Å². The zero-order valence-electron chi connectivity index (χ0n) is 15.9. The first-order valence-corrected chi connectivity index (χ1v) is 9.60. The molecule has 29 heavy (non-hydrogen) atoms. The lowest BCUT2D eigenvalue weighted by Crippen LogP contribution is -2.63. The van der Waals surface area contributed by atoms with Crippen LogP contribution in [-0.4, -0.2) is 142 Å². The normalized spacial score (nSPS) is 43.4. The molecule has 0 aromatic heterocycles. The highest BCUT2D eigenvalue weighted by molar-refractivity contribution is 4.92. The van der Waals surface area contributed by atoms with Gasteiger partial charge >= 0.3 is 0 Å². The summed E-state index contributed by atoms with van der Waals surface area (Å²) in [6.45, 7) is 0.609. The van der Waals surface area contributed by atoms with Crippen molar-refractivity contribution in [3.63, 3.8) is 0 Å². The Morgan fingerprint density at radius 1 is 0.517 bits per heavy atom. The number of aliphatic hydroxyl groups excluding tert-OH is 8. The number of rotatable bonds is 10. The molecule has 0 radical (unpaired) electrons. The van der Waals surface area contributed by atoms with Crippen molar-refractivity contribution >= 4 is 0 Å². The van der Waals surface area contributed by atoms with Crippen LogP contribution in [-0.2, 0) is 9.47 Å². The van der Waals surface area contributed by atoms with E-state index in [2.05, 4.69) is 16.0 Å². The minimum Gasteiger partial charge on any atom is -0.394 e. The van der Waals surface area contributed by atoms with Gasteiger partial charge in [0, 0.05) is 26.2 Å². The SMILES string of the molecule is OC[C@H]1O[C@@H](NCCNCCN[C@@H]2O[C@H](CO)[C@@H](O)[C@H](O)[C@H]2O)[C@H](O)[C@@H](O)[C@@H]1O. The van der Waals surface area contributed by atoms with Gasteiger partial charge in [0.2, 0.25) is 0 Å². The quantitative estimate of drug-likeness (QED) is 0.146. The molecule has 2 saturated heterocycles. The lowest BCUT2D eigenvalue weighted by Gasteiger charge is -2.40. The number of nitrogens with one attached hydrogen (secondary N) is 3. The second-order valence-corrected chi connectivity index (χ2v) is 7.16. The molecule has 2 rings (SSSR count). The molecule has 0 unspecified atom stereocenters. The fourth-order valence-electron chi connectivity index (χ4n) is 3.27. The van der Waals surface area contributed by atoms with E-state index in [1.807, 2.05) is 0 Å². The molecule has 0 aromatic rings. The topological polar surface area (TPSA) is 216 Å². The second-order valence-electron chi connectivity index (χ2n) is 7.16. The van der Waals surface area contributed by atoms with E-state index in [1.54, 1.807) is 0 Å². The third kappa shape index (κ3) is 6.24. The minimum atomic E-state index is -1.44. The van der Waals surface area contributed by atoms with Gasteiger partial charge in [-0.2, -0.15) is 0 Å². The Morgan fingerprint density at radius 3 is 1.24 bits per heavy atom. The Bertz CT molecular complexity index is 434. The summed E-state index contributed by atoms with van der Waals surface area (Å²) in [5, 5.41) is 85.8. The molecule has 0 aliphatic carbocycles. The molecule has 0 saturated carbocycles. The van der Waals surface area contributed by atoms with Crippen LogP contribution in [0.1, 0.15) is 0 Å². The molecule has 0 amide bonds. The molecular weight excluding hydrogens is 394 g/mol. The lowest BCUT2D eigenvalue weighted by molar-refractivity contribution is -0.236. The van der Waals surface area contributed by atoms with Crippen molar-refractivity contribution in [3.05, 3.63) is 0 Å². The third-order valence-electron chi connectivity index (χ3n) is 5.08. The standard InChI is InChI=1S/C16H33N3O10/c20-5-7-9(22)11(24)13(26)15(28-7)18-3-1-17-2-4-19-16-14(27)12(25)10(23)8(6-21)29-16/h7-27H,1-6H2/t7-,8-,9-,10-,11+,12+,13-,14-,15-,16-/m1/s1. The Morgan fingerprint density at radius 2 is 0.897 bits per heavy atom. The van der Waals surface area contributed by atoms with E-state index in [9.17, 15) is 30.6 Å². The molecule has 0 spiro atoms. The Kier molecular flexibility index (Phi) is 10.0. The monoisotopic (exact) mass is 427 g/mol. The van der Waals surface area contributed by atoms with E-state index in [4.69, 9.17) is 19.7 Å². The van der Waals surface area contributed by atoms with Crippen LogP contribution in [0.5, 0.6) is 0 Å². The molecular formula is C16H33N3O10. The summed E-state index contributed by atoms with van der Waals surface area (Å²) in [6, 6.07) is 0. The Hall–Kier alpha value is -0.520. The Labute approximate surface area is 167 Å². The van der Waals surface area contributed by atoms with Crippen LogP contribution in [0.25, 0.3) is 0 Å². The highest BCUT2D eigenvalue weighted by Gasteiger charge is 2.44. The van der Waals surface area contributed by atoms with Gasteiger partial charge in [0.1, 0.15) is 61.3 Å². The smallest absolute Gasteiger partial charge is 0.137 e. The van der Waals surface area contributed by atoms with Crippen LogP contribution >= 0.6 is 0 Å². The average molecular weight is 427 g/mol. The number of ether oxygens (including phenoxy) is 2. The van der Waals surface area contributed by atoms with E-state index in [0.29, 0.717) is 26.2 Å². The number of aliphatic hydroxyl groups is 8. The van der Waals surface area contributed by atoms with Gasteiger partial charge < -0.3 is 55.6 Å². The summed E-state index contributed by atoms with van der Waals surface area (Å²) < 4.78 is 10.6. The van der Waals surface area contributed by atoms with E-state index >= 15 is 0 Å². The average Bonchev–Trinajstić information content (AvgIpc) is 2.72. The summed E-state index contributed by atoms with van der Waals surface area (Å²) >= 11 is 0. The first-order chi connectivity index (χ1) is 13.8. The molecule has 2 aliphatic heterocycles. The highest BCUT2D eigenvalue weighted by atomic mass is 16.6. The largest absolute Gasteiger partial charge is 0.394 e. The van der Waals surface area contributed by atoms with Crippen LogP contribution in [0.2, 0.25) is 0 Å². The molecule has 172 valence electrons. The lowest BCUT2D eigenvalue weighted by atomic mass is 9.98. The van der Waals surface area contributed by atoms with Crippen LogP contribution in [0.4, 0.5) is 0 Å². The third-order valence-corrected chi connectivity index (χ3v) is 5.08. The molecule has 11 N–H and O–H groups in total. The predicted molar refractivity (Wildman–Crippen MR) is 96.4 cm³/mol. The van der Waals surface area contributed by atoms with Gasteiger partial charge in [-0.1, -0.05) is 0 Å². The summed E-state index contributed by atoms with van der Waals surface area (Å²) in [5.74, 6) is 0. The summed E-state index contributed by atoms with van der Waals surface area (Å²) in [4.78, 5) is 0. The van der Waals surface area contributed by atoms with Gasteiger partial charge in [-0.05, 0) is 0 Å². The maximum atomic E-state index is 9.91. The fraction of sp³-hybridized carbons (Fsp3) is 1.00. The highest BCUT2D eigenvalue weighted by Crippen LogP contribution is 2.20. The van der Waals surface area contributed by atoms with Crippen molar-refractivity contribution in [2.75, 3.05) is 39.4 Å². The van der Waals surface area contributed by atoms with Crippen molar-refractivity contribution in [2.24, 2.45) is 0 Å². The van der Waals surface area contributed by atoms with Gasteiger partial charge in [0.25, 0.3) is 0 Å². The zero-order chi connectivity index (χ0) is 21.6. The van der Waals surface area contributed by atoms with E-state index in [1.165, 1.54) is 0 Å². The van der Waals surface area contributed by atoms with Crippen molar-refractivity contribution in [1.29, 1.82) is 0 Å². The molecule has 2 heterocycles. The van der Waals surface area contributed by atoms with Crippen molar-refractivity contribution in [1.82, 2.24) is 16.0 Å². The van der Waals surface area contributed by atoms with Crippen LogP contribution in [0, 0.1) is 0 Å². The maximum Gasteiger partial charge on any atom is 0.137 e. The molecule has 0 bridgehead atoms. The van der Waals surface area contributed by atoms with E-state index < -0.39 is 74.5 Å². The summed E-state index contributed by atoms with van der Waals surface area (Å²) in [5.41, 5.74) is 0. The molecule has 2 fully saturated rings. The van der Waals surface area contributed by atoms with E-state index in [0.717, 1.165) is 0 Å². The van der Waals surface area contributed by atoms with Gasteiger partial charge in [0.05, 0.1) is 13.2 Å². The summed E-state index contributed by atoms with van der Waals surface area (Å²) in [6.07, 6.45) is -12.2. The summed E-state index contributed by atoms with van der Waals surface area (Å²) in [7, 11) is 0. The second kappa shape index (κ2) is 11.8. The van der Waals surface area contributed by atoms with Crippen molar-refractivity contribution < 1.29 is 50.3 Å². The number of hydrogen-bond acceptors (Lipinski definition) is 13. The van der Waals surface area contributed by atoms with Crippen LogP contribution < -0.4 is 16.0 Å². The fourth-order valence-corrected chi connectivity index (χ4v) is 3.27. The van der Waals surface area contributed by atoms with Crippen LogP contribution in [0.3, 0.4) is 0 Å². The minimum absolute atomic E-state index is 0.350. The maximum absolute atomic E-state index is 9.91. The first-order valence-electron chi connectivity index (χ1n) is 9.60. The molecule has 13 nitrogen and oxygen atoms in total. The molecule has 2 aliphatic rings. The molecule has 10 atom stereocenters.